The molecule has 0 aliphatic rings. The summed E-state index contributed by atoms with van der Waals surface area (Å²) in [5.41, 5.74) is 5.11. The van der Waals surface area contributed by atoms with E-state index in [9.17, 15) is 9.90 Å². The first-order valence-electron chi connectivity index (χ1n) is 6.37. The lowest BCUT2D eigenvalue weighted by molar-refractivity contribution is 0.0955. The number of hydrazone groups is 1. The fourth-order valence-electron chi connectivity index (χ4n) is 1.93. The van der Waals surface area contributed by atoms with Crippen molar-refractivity contribution in [1.82, 2.24) is 5.43 Å². The molecule has 1 amide bonds. The van der Waals surface area contributed by atoms with Crippen molar-refractivity contribution < 1.29 is 9.90 Å². The van der Waals surface area contributed by atoms with Crippen LogP contribution in [0, 0.1) is 13.8 Å². The minimum Gasteiger partial charge on any atom is -0.507 e. The van der Waals surface area contributed by atoms with Crippen molar-refractivity contribution in [1.29, 1.82) is 0 Å². The molecule has 2 aromatic rings. The molecule has 4 nitrogen and oxygen atoms in total. The van der Waals surface area contributed by atoms with E-state index < -0.39 is 0 Å². The molecule has 21 heavy (non-hydrogen) atoms. The Morgan fingerprint density at radius 3 is 2.48 bits per heavy atom. The molecule has 2 rings (SSSR count). The molecule has 108 valence electrons. The van der Waals surface area contributed by atoms with Crippen LogP contribution < -0.4 is 5.43 Å². The summed E-state index contributed by atoms with van der Waals surface area (Å²) in [5.74, 6) is -0.101. The highest BCUT2D eigenvalue weighted by molar-refractivity contribution is 6.33. The van der Waals surface area contributed by atoms with E-state index in [1.165, 1.54) is 6.21 Å². The molecule has 0 bridgehead atoms. The van der Waals surface area contributed by atoms with Crippen molar-refractivity contribution in [2.45, 2.75) is 13.8 Å². The fraction of sp³-hybridized carbons (Fsp3) is 0.125. The zero-order valence-electron chi connectivity index (χ0n) is 11.7. The van der Waals surface area contributed by atoms with E-state index in [-0.39, 0.29) is 11.7 Å². The number of nitrogens with zero attached hydrogens (tertiary/aromatic N) is 1. The van der Waals surface area contributed by atoms with Crippen LogP contribution in [0.5, 0.6) is 5.75 Å². The van der Waals surface area contributed by atoms with Crippen molar-refractivity contribution >= 4 is 23.7 Å². The van der Waals surface area contributed by atoms with E-state index in [4.69, 9.17) is 11.6 Å². The number of carbonyl (C=O) groups is 1. The van der Waals surface area contributed by atoms with E-state index in [0.717, 1.165) is 16.7 Å². The zero-order valence-corrected chi connectivity index (χ0v) is 12.5. The standard InChI is InChI=1S/C16H15ClN2O2/c1-10-7-12(8-11(2)15(10)20)9-18-19-16(21)13-5-3-4-6-14(13)17/h3-9,20H,1-2H3,(H,19,21)/b18-9-. The summed E-state index contributed by atoms with van der Waals surface area (Å²) in [7, 11) is 0. The quantitative estimate of drug-likeness (QED) is 0.674. The molecular weight excluding hydrogens is 288 g/mol. The maximum absolute atomic E-state index is 11.9. The molecule has 0 radical (unpaired) electrons. The number of nitrogens with one attached hydrogen (secondary N) is 1. The van der Waals surface area contributed by atoms with Gasteiger partial charge in [-0.05, 0) is 54.8 Å². The highest BCUT2D eigenvalue weighted by Gasteiger charge is 2.08. The van der Waals surface area contributed by atoms with Gasteiger partial charge in [-0.15, -0.1) is 0 Å². The molecule has 2 aromatic carbocycles. The summed E-state index contributed by atoms with van der Waals surface area (Å²) >= 11 is 5.93. The lowest BCUT2D eigenvalue weighted by Crippen LogP contribution is -2.17. The number of hydrogen-bond donors (Lipinski definition) is 2. The topological polar surface area (TPSA) is 61.7 Å². The van der Waals surface area contributed by atoms with Gasteiger partial charge in [0, 0.05) is 0 Å². The Hall–Kier alpha value is -2.33. The molecule has 0 heterocycles. The third-order valence-electron chi connectivity index (χ3n) is 3.01. The number of amides is 1. The summed E-state index contributed by atoms with van der Waals surface area (Å²) in [5, 5.41) is 14.0. The first-order chi connectivity index (χ1) is 9.99. The summed E-state index contributed by atoms with van der Waals surface area (Å²) in [6.45, 7) is 3.62. The predicted molar refractivity (Wildman–Crippen MR) is 84.1 cm³/mol. The number of benzene rings is 2. The molecular formula is C16H15ClN2O2. The Bertz CT molecular complexity index is 688. The summed E-state index contributed by atoms with van der Waals surface area (Å²) < 4.78 is 0. The van der Waals surface area contributed by atoms with Crippen LogP contribution in [0.2, 0.25) is 5.02 Å². The Labute approximate surface area is 128 Å². The highest BCUT2D eigenvalue weighted by Crippen LogP contribution is 2.22. The Morgan fingerprint density at radius 1 is 1.24 bits per heavy atom. The number of carbonyl (C=O) groups excluding carboxylic acids is 1. The first-order valence-corrected chi connectivity index (χ1v) is 6.75. The number of phenols is 1. The van der Waals surface area contributed by atoms with E-state index in [1.807, 2.05) is 13.8 Å². The average molecular weight is 303 g/mol. The molecule has 5 heteroatoms. The van der Waals surface area contributed by atoms with Gasteiger partial charge >= 0.3 is 0 Å². The molecule has 0 spiro atoms. The molecule has 2 N–H and O–H groups in total. The van der Waals surface area contributed by atoms with Gasteiger partial charge in [0.15, 0.2) is 0 Å². The van der Waals surface area contributed by atoms with Crippen LogP contribution in [0.25, 0.3) is 0 Å². The minimum absolute atomic E-state index is 0.271. The third kappa shape index (κ3) is 3.61. The second-order valence-corrected chi connectivity index (χ2v) is 5.09. The Balaban J connectivity index is 2.10. The van der Waals surface area contributed by atoms with E-state index in [1.54, 1.807) is 36.4 Å². The normalized spacial score (nSPS) is 10.8. The minimum atomic E-state index is -0.371. The number of halogens is 1. The van der Waals surface area contributed by atoms with Crippen LogP contribution in [-0.2, 0) is 0 Å². The number of phenolic OH excluding ortho intramolecular Hbond substituents is 1. The van der Waals surface area contributed by atoms with Crippen LogP contribution in [0.3, 0.4) is 0 Å². The Morgan fingerprint density at radius 2 is 1.86 bits per heavy atom. The SMILES string of the molecule is Cc1cc(/C=N\NC(=O)c2ccccc2Cl)cc(C)c1O. The van der Waals surface area contributed by atoms with E-state index in [2.05, 4.69) is 10.5 Å². The van der Waals surface area contributed by atoms with Gasteiger partial charge in [-0.25, -0.2) is 5.43 Å². The van der Waals surface area contributed by atoms with Crippen molar-refractivity contribution in [3.8, 4) is 5.75 Å². The highest BCUT2D eigenvalue weighted by atomic mass is 35.5. The second-order valence-electron chi connectivity index (χ2n) is 4.68. The molecule has 0 unspecified atom stereocenters. The number of rotatable bonds is 3. The van der Waals surface area contributed by atoms with Crippen LogP contribution in [0.4, 0.5) is 0 Å². The maximum Gasteiger partial charge on any atom is 0.272 e. The van der Waals surface area contributed by atoms with Gasteiger partial charge in [-0.2, -0.15) is 5.10 Å². The summed E-state index contributed by atoms with van der Waals surface area (Å²) in [6.07, 6.45) is 1.52. The Kier molecular flexibility index (Phi) is 4.60. The van der Waals surface area contributed by atoms with Gasteiger partial charge in [0.1, 0.15) is 5.75 Å². The first kappa shape index (κ1) is 15.1. The van der Waals surface area contributed by atoms with Gasteiger partial charge in [0.25, 0.3) is 5.91 Å². The second kappa shape index (κ2) is 6.41. The average Bonchev–Trinajstić information content (AvgIpc) is 2.45. The summed E-state index contributed by atoms with van der Waals surface area (Å²) in [4.78, 5) is 11.9. The maximum atomic E-state index is 11.9. The molecule has 0 fully saturated rings. The molecule has 0 saturated carbocycles. The van der Waals surface area contributed by atoms with Gasteiger partial charge in [-0.1, -0.05) is 23.7 Å². The predicted octanol–water partition coefficient (Wildman–Crippen LogP) is 3.43. The zero-order chi connectivity index (χ0) is 15.4. The van der Waals surface area contributed by atoms with Gasteiger partial charge < -0.3 is 5.11 Å². The van der Waals surface area contributed by atoms with Crippen molar-refractivity contribution in [2.24, 2.45) is 5.10 Å². The van der Waals surface area contributed by atoms with Gasteiger partial charge in [0.05, 0.1) is 16.8 Å². The van der Waals surface area contributed by atoms with Crippen LogP contribution >= 0.6 is 11.6 Å². The van der Waals surface area contributed by atoms with Crippen LogP contribution in [0.1, 0.15) is 27.0 Å². The number of aromatic hydroxyl groups is 1. The summed E-state index contributed by atoms with van der Waals surface area (Å²) in [6, 6.07) is 10.3. The molecule has 0 aliphatic carbocycles. The monoisotopic (exact) mass is 302 g/mol. The smallest absolute Gasteiger partial charge is 0.272 e. The van der Waals surface area contributed by atoms with E-state index in [0.29, 0.717) is 10.6 Å². The largest absolute Gasteiger partial charge is 0.507 e. The van der Waals surface area contributed by atoms with Crippen molar-refractivity contribution in [2.75, 3.05) is 0 Å². The molecule has 0 saturated heterocycles. The van der Waals surface area contributed by atoms with Crippen LogP contribution in [0.15, 0.2) is 41.5 Å². The van der Waals surface area contributed by atoms with E-state index >= 15 is 0 Å². The van der Waals surface area contributed by atoms with Gasteiger partial charge in [0.2, 0.25) is 0 Å². The third-order valence-corrected chi connectivity index (χ3v) is 3.34. The van der Waals surface area contributed by atoms with Crippen LogP contribution in [-0.4, -0.2) is 17.2 Å². The number of hydrogen-bond acceptors (Lipinski definition) is 3. The molecule has 0 aromatic heterocycles. The lowest BCUT2D eigenvalue weighted by atomic mass is 10.1. The lowest BCUT2D eigenvalue weighted by Gasteiger charge is -2.05. The fourth-order valence-corrected chi connectivity index (χ4v) is 2.16. The van der Waals surface area contributed by atoms with Crippen molar-refractivity contribution in [3.63, 3.8) is 0 Å². The molecule has 0 aliphatic heterocycles. The number of aryl methyl sites for hydroxylation is 2. The van der Waals surface area contributed by atoms with Gasteiger partial charge in [-0.3, -0.25) is 4.79 Å². The van der Waals surface area contributed by atoms with Crippen molar-refractivity contribution in [3.05, 3.63) is 63.7 Å². The molecule has 0 atom stereocenters.